The minimum Gasteiger partial charge on any atom is -0.392 e. The third kappa shape index (κ3) is 3.15. The molecule has 0 radical (unpaired) electrons. The van der Waals surface area contributed by atoms with Gasteiger partial charge < -0.3 is 5.73 Å². The molecule has 1 aliphatic rings. The third-order valence-electron chi connectivity index (χ3n) is 3.39. The summed E-state index contributed by atoms with van der Waals surface area (Å²) >= 11 is 5.04. The van der Waals surface area contributed by atoms with Gasteiger partial charge in [-0.05, 0) is 20.8 Å². The largest absolute Gasteiger partial charge is 0.392 e. The monoisotopic (exact) mass is 279 g/mol. The molecule has 0 amide bonds. The van der Waals surface area contributed by atoms with Gasteiger partial charge in [0, 0.05) is 26.2 Å². The lowest BCUT2D eigenvalue weighted by atomic mass is 10.0. The van der Waals surface area contributed by atoms with Crippen LogP contribution in [0, 0.1) is 0 Å². The Hall–Kier alpha value is -0.240. The summed E-state index contributed by atoms with van der Waals surface area (Å²) in [5.74, 6) is 0.158. The summed E-state index contributed by atoms with van der Waals surface area (Å²) in [5, 5.41) is 0. The molecule has 17 heavy (non-hydrogen) atoms. The minimum atomic E-state index is -3.07. The van der Waals surface area contributed by atoms with Crippen molar-refractivity contribution < 1.29 is 8.42 Å². The zero-order chi connectivity index (χ0) is 13.3. The molecule has 0 aromatic rings. The molecular weight excluding hydrogens is 258 g/mol. The van der Waals surface area contributed by atoms with Gasteiger partial charge in [0.25, 0.3) is 0 Å². The summed E-state index contributed by atoms with van der Waals surface area (Å²) in [7, 11) is -3.07. The standard InChI is InChI=1S/C10H21N3O2S2/c1-4-17(14,15)13-7-5-12(6-8-13)10(2,3)9(11)16/h4-8H2,1-3H3,(H2,11,16). The second-order valence-corrected chi connectivity index (χ2v) is 7.41. The molecule has 0 spiro atoms. The molecule has 0 aliphatic carbocycles. The molecule has 5 nitrogen and oxygen atoms in total. The van der Waals surface area contributed by atoms with Crippen molar-refractivity contribution in [2.45, 2.75) is 26.3 Å². The zero-order valence-corrected chi connectivity index (χ0v) is 12.3. The minimum absolute atomic E-state index is 0.158. The summed E-state index contributed by atoms with van der Waals surface area (Å²) in [6, 6.07) is 0. The molecular formula is C10H21N3O2S2. The second kappa shape index (κ2) is 5.17. The van der Waals surface area contributed by atoms with E-state index in [9.17, 15) is 8.42 Å². The summed E-state index contributed by atoms with van der Waals surface area (Å²) < 4.78 is 24.9. The first-order chi connectivity index (χ1) is 7.71. The molecule has 0 aromatic heterocycles. The van der Waals surface area contributed by atoms with E-state index >= 15 is 0 Å². The molecule has 0 aromatic carbocycles. The Morgan fingerprint density at radius 1 is 1.29 bits per heavy atom. The third-order valence-corrected chi connectivity index (χ3v) is 5.77. The molecule has 0 atom stereocenters. The van der Waals surface area contributed by atoms with Gasteiger partial charge in [-0.1, -0.05) is 12.2 Å². The van der Waals surface area contributed by atoms with Crippen molar-refractivity contribution in [3.05, 3.63) is 0 Å². The van der Waals surface area contributed by atoms with Gasteiger partial charge in [-0.3, -0.25) is 4.90 Å². The van der Waals surface area contributed by atoms with Gasteiger partial charge in [0.15, 0.2) is 0 Å². The molecule has 1 saturated heterocycles. The van der Waals surface area contributed by atoms with Crippen LogP contribution < -0.4 is 5.73 Å². The normalized spacial score (nSPS) is 20.4. The number of nitrogens with zero attached hydrogens (tertiary/aromatic N) is 2. The van der Waals surface area contributed by atoms with Gasteiger partial charge in [-0.15, -0.1) is 0 Å². The molecule has 0 unspecified atom stereocenters. The maximum atomic E-state index is 11.7. The highest BCUT2D eigenvalue weighted by Gasteiger charge is 2.34. The van der Waals surface area contributed by atoms with Crippen molar-refractivity contribution in [3.63, 3.8) is 0 Å². The van der Waals surface area contributed by atoms with Crippen molar-refractivity contribution >= 4 is 27.2 Å². The average molecular weight is 279 g/mol. The quantitative estimate of drug-likeness (QED) is 0.735. The van der Waals surface area contributed by atoms with Crippen LogP contribution in [0.2, 0.25) is 0 Å². The van der Waals surface area contributed by atoms with Crippen molar-refractivity contribution in [2.24, 2.45) is 5.73 Å². The Labute approximate surface area is 109 Å². The molecule has 100 valence electrons. The van der Waals surface area contributed by atoms with E-state index in [1.807, 2.05) is 13.8 Å². The highest BCUT2D eigenvalue weighted by molar-refractivity contribution is 7.89. The number of piperazine rings is 1. The zero-order valence-electron chi connectivity index (χ0n) is 10.6. The van der Waals surface area contributed by atoms with Crippen molar-refractivity contribution in [3.8, 4) is 0 Å². The maximum absolute atomic E-state index is 11.7. The van der Waals surface area contributed by atoms with Crippen LogP contribution in [-0.4, -0.2) is 60.1 Å². The van der Waals surface area contributed by atoms with E-state index in [-0.39, 0.29) is 11.3 Å². The predicted molar refractivity (Wildman–Crippen MR) is 73.5 cm³/mol. The number of rotatable bonds is 4. The first-order valence-corrected chi connectivity index (χ1v) is 7.76. The van der Waals surface area contributed by atoms with Crippen LogP contribution in [0.4, 0.5) is 0 Å². The maximum Gasteiger partial charge on any atom is 0.213 e. The van der Waals surface area contributed by atoms with E-state index in [2.05, 4.69) is 4.90 Å². The highest BCUT2D eigenvalue weighted by atomic mass is 32.2. The van der Waals surface area contributed by atoms with Gasteiger partial charge in [-0.25, -0.2) is 8.42 Å². The van der Waals surface area contributed by atoms with E-state index < -0.39 is 10.0 Å². The lowest BCUT2D eigenvalue weighted by Crippen LogP contribution is -2.59. The molecule has 1 fully saturated rings. The smallest absolute Gasteiger partial charge is 0.213 e. The summed E-state index contributed by atoms with van der Waals surface area (Å²) in [6.45, 7) is 7.98. The Bertz CT molecular complexity index is 384. The van der Waals surface area contributed by atoms with Crippen molar-refractivity contribution in [1.29, 1.82) is 0 Å². The molecule has 0 saturated carbocycles. The lowest BCUT2D eigenvalue weighted by molar-refractivity contribution is 0.123. The van der Waals surface area contributed by atoms with Crippen LogP contribution >= 0.6 is 12.2 Å². The van der Waals surface area contributed by atoms with E-state index in [1.165, 1.54) is 0 Å². The molecule has 1 aliphatic heterocycles. The van der Waals surface area contributed by atoms with Gasteiger partial charge in [0.1, 0.15) is 0 Å². The number of sulfonamides is 1. The van der Waals surface area contributed by atoms with Crippen LogP contribution in [0.15, 0.2) is 0 Å². The van der Waals surface area contributed by atoms with E-state index in [4.69, 9.17) is 18.0 Å². The van der Waals surface area contributed by atoms with E-state index in [0.717, 1.165) is 0 Å². The van der Waals surface area contributed by atoms with Gasteiger partial charge in [0.2, 0.25) is 10.0 Å². The van der Waals surface area contributed by atoms with Gasteiger partial charge >= 0.3 is 0 Å². The SMILES string of the molecule is CCS(=O)(=O)N1CCN(C(C)(C)C(N)=S)CC1. The fourth-order valence-electron chi connectivity index (χ4n) is 1.86. The first-order valence-electron chi connectivity index (χ1n) is 5.74. The van der Waals surface area contributed by atoms with Gasteiger partial charge in [0.05, 0.1) is 16.3 Å². The van der Waals surface area contributed by atoms with Crippen LogP contribution in [0.1, 0.15) is 20.8 Å². The summed E-state index contributed by atoms with van der Waals surface area (Å²) in [5.41, 5.74) is 5.36. The highest BCUT2D eigenvalue weighted by Crippen LogP contribution is 2.18. The average Bonchev–Trinajstić information content (AvgIpc) is 2.29. The fraction of sp³-hybridized carbons (Fsp3) is 0.900. The molecule has 0 bridgehead atoms. The van der Waals surface area contributed by atoms with Gasteiger partial charge in [-0.2, -0.15) is 4.31 Å². The number of hydrogen-bond acceptors (Lipinski definition) is 4. The van der Waals surface area contributed by atoms with Crippen LogP contribution in [-0.2, 0) is 10.0 Å². The fourth-order valence-corrected chi connectivity index (χ4v) is 3.08. The Balaban J connectivity index is 2.67. The number of nitrogens with two attached hydrogens (primary N) is 1. The Kier molecular flexibility index (Phi) is 4.51. The topological polar surface area (TPSA) is 66.6 Å². The predicted octanol–water partition coefficient (Wildman–Crippen LogP) is 0.0184. The van der Waals surface area contributed by atoms with Crippen LogP contribution in [0.3, 0.4) is 0 Å². The summed E-state index contributed by atoms with van der Waals surface area (Å²) in [4.78, 5) is 2.58. The first kappa shape index (κ1) is 14.8. The number of thiocarbonyl (C=S) groups is 1. The summed E-state index contributed by atoms with van der Waals surface area (Å²) in [6.07, 6.45) is 0. The second-order valence-electron chi connectivity index (χ2n) is 4.71. The van der Waals surface area contributed by atoms with Crippen LogP contribution in [0.5, 0.6) is 0 Å². The van der Waals surface area contributed by atoms with E-state index in [1.54, 1.807) is 11.2 Å². The van der Waals surface area contributed by atoms with Crippen molar-refractivity contribution in [2.75, 3.05) is 31.9 Å². The van der Waals surface area contributed by atoms with Crippen LogP contribution in [0.25, 0.3) is 0 Å². The lowest BCUT2D eigenvalue weighted by Gasteiger charge is -2.42. The number of hydrogen-bond donors (Lipinski definition) is 1. The van der Waals surface area contributed by atoms with E-state index in [0.29, 0.717) is 31.2 Å². The Morgan fingerprint density at radius 2 is 1.76 bits per heavy atom. The van der Waals surface area contributed by atoms with Crippen molar-refractivity contribution in [1.82, 2.24) is 9.21 Å². The Morgan fingerprint density at radius 3 is 2.12 bits per heavy atom. The molecule has 2 N–H and O–H groups in total. The molecule has 1 heterocycles. The molecule has 1 rings (SSSR count). The molecule has 7 heteroatoms.